The lowest BCUT2D eigenvalue weighted by Gasteiger charge is -2.18. The van der Waals surface area contributed by atoms with Crippen molar-refractivity contribution in [2.45, 2.75) is 32.9 Å². The Morgan fingerprint density at radius 1 is 1.14 bits per heavy atom. The first kappa shape index (κ1) is 15.9. The molecule has 0 heterocycles. The van der Waals surface area contributed by atoms with Gasteiger partial charge in [-0.05, 0) is 54.3 Å². The Balaban J connectivity index is 2.04. The van der Waals surface area contributed by atoms with Gasteiger partial charge in [0.15, 0.2) is 0 Å². The van der Waals surface area contributed by atoms with E-state index >= 15 is 0 Å². The Morgan fingerprint density at radius 3 is 2.43 bits per heavy atom. The van der Waals surface area contributed by atoms with Gasteiger partial charge in [-0.2, -0.15) is 0 Å². The molecule has 0 aliphatic heterocycles. The van der Waals surface area contributed by atoms with Gasteiger partial charge in [0, 0.05) is 17.6 Å². The lowest BCUT2D eigenvalue weighted by atomic mass is 10.0. The lowest BCUT2D eigenvalue weighted by Crippen LogP contribution is -2.20. The van der Waals surface area contributed by atoms with E-state index in [2.05, 4.69) is 37.4 Å². The molecule has 1 unspecified atom stereocenters. The van der Waals surface area contributed by atoms with Crippen LogP contribution in [0.2, 0.25) is 5.02 Å². The van der Waals surface area contributed by atoms with Gasteiger partial charge < -0.3 is 10.1 Å². The number of benzene rings is 2. The molecule has 112 valence electrons. The molecular formula is C18H22ClNO. The van der Waals surface area contributed by atoms with Crippen LogP contribution in [-0.2, 0) is 6.54 Å². The molecule has 0 aliphatic rings. The van der Waals surface area contributed by atoms with E-state index in [1.54, 1.807) is 7.11 Å². The van der Waals surface area contributed by atoms with Crippen LogP contribution < -0.4 is 10.1 Å². The van der Waals surface area contributed by atoms with E-state index in [0.29, 0.717) is 6.04 Å². The molecular weight excluding hydrogens is 282 g/mol. The minimum atomic E-state index is 0.339. The minimum Gasteiger partial charge on any atom is -0.497 e. The average Bonchev–Trinajstić information content (AvgIpc) is 2.50. The van der Waals surface area contributed by atoms with Crippen molar-refractivity contribution in [1.82, 2.24) is 5.32 Å². The Bertz CT molecular complexity index is 580. The van der Waals surface area contributed by atoms with Crippen LogP contribution in [-0.4, -0.2) is 7.11 Å². The zero-order chi connectivity index (χ0) is 15.2. The van der Waals surface area contributed by atoms with E-state index in [1.165, 1.54) is 16.7 Å². The maximum absolute atomic E-state index is 6.00. The van der Waals surface area contributed by atoms with Crippen molar-refractivity contribution in [2.24, 2.45) is 0 Å². The molecule has 0 bridgehead atoms. The van der Waals surface area contributed by atoms with Crippen LogP contribution in [0.5, 0.6) is 5.75 Å². The average molecular weight is 304 g/mol. The monoisotopic (exact) mass is 303 g/mol. The summed E-state index contributed by atoms with van der Waals surface area (Å²) in [5, 5.41) is 4.41. The Hall–Kier alpha value is -1.51. The van der Waals surface area contributed by atoms with Gasteiger partial charge in [0.1, 0.15) is 5.75 Å². The van der Waals surface area contributed by atoms with Gasteiger partial charge in [-0.1, -0.05) is 36.7 Å². The molecule has 1 N–H and O–H groups in total. The molecule has 2 aromatic carbocycles. The second-order valence-electron chi connectivity index (χ2n) is 5.19. The summed E-state index contributed by atoms with van der Waals surface area (Å²) in [6.45, 7) is 5.13. The van der Waals surface area contributed by atoms with Gasteiger partial charge in [0.05, 0.1) is 7.11 Å². The number of rotatable bonds is 6. The topological polar surface area (TPSA) is 21.3 Å². The maximum atomic E-state index is 6.00. The fourth-order valence-corrected chi connectivity index (χ4v) is 2.65. The second-order valence-corrected chi connectivity index (χ2v) is 5.62. The number of nitrogens with one attached hydrogen (secondary N) is 1. The molecule has 0 saturated carbocycles. The van der Waals surface area contributed by atoms with Crippen LogP contribution in [0.3, 0.4) is 0 Å². The van der Waals surface area contributed by atoms with Crippen molar-refractivity contribution in [3.63, 3.8) is 0 Å². The van der Waals surface area contributed by atoms with E-state index in [0.717, 1.165) is 23.7 Å². The SMILES string of the molecule is CCC(NCc1ccc(Cl)cc1C)c1ccc(OC)cc1. The van der Waals surface area contributed by atoms with E-state index < -0.39 is 0 Å². The Morgan fingerprint density at radius 2 is 1.86 bits per heavy atom. The third kappa shape index (κ3) is 4.23. The number of halogens is 1. The van der Waals surface area contributed by atoms with Crippen LogP contribution in [0.1, 0.15) is 36.1 Å². The number of hydrogen-bond acceptors (Lipinski definition) is 2. The maximum Gasteiger partial charge on any atom is 0.118 e. The minimum absolute atomic E-state index is 0.339. The molecule has 0 aliphatic carbocycles. The van der Waals surface area contributed by atoms with Crippen LogP contribution in [0, 0.1) is 6.92 Å². The number of methoxy groups -OCH3 is 1. The Kier molecular flexibility index (Phi) is 5.66. The molecule has 0 amide bonds. The van der Waals surface area contributed by atoms with Gasteiger partial charge in [0.2, 0.25) is 0 Å². The molecule has 0 spiro atoms. The molecule has 2 nitrogen and oxygen atoms in total. The molecule has 0 fully saturated rings. The predicted octanol–water partition coefficient (Wildman–Crippen LogP) is 4.90. The Labute approximate surface area is 132 Å². The summed E-state index contributed by atoms with van der Waals surface area (Å²) in [5.74, 6) is 0.891. The van der Waals surface area contributed by atoms with Crippen molar-refractivity contribution in [2.75, 3.05) is 7.11 Å². The summed E-state index contributed by atoms with van der Waals surface area (Å²) in [4.78, 5) is 0. The normalized spacial score (nSPS) is 12.2. The van der Waals surface area contributed by atoms with Crippen LogP contribution in [0.25, 0.3) is 0 Å². The van der Waals surface area contributed by atoms with Crippen molar-refractivity contribution in [1.29, 1.82) is 0 Å². The summed E-state index contributed by atoms with van der Waals surface area (Å²) < 4.78 is 5.21. The highest BCUT2D eigenvalue weighted by Gasteiger charge is 2.09. The third-order valence-corrected chi connectivity index (χ3v) is 4.01. The van der Waals surface area contributed by atoms with Crippen LogP contribution >= 0.6 is 11.6 Å². The van der Waals surface area contributed by atoms with Crippen molar-refractivity contribution in [3.8, 4) is 5.75 Å². The first-order valence-corrected chi connectivity index (χ1v) is 7.64. The summed E-state index contributed by atoms with van der Waals surface area (Å²) in [7, 11) is 1.69. The van der Waals surface area contributed by atoms with Crippen molar-refractivity contribution in [3.05, 3.63) is 64.2 Å². The van der Waals surface area contributed by atoms with Crippen LogP contribution in [0.15, 0.2) is 42.5 Å². The molecule has 1 atom stereocenters. The number of ether oxygens (including phenoxy) is 1. The van der Waals surface area contributed by atoms with Gasteiger partial charge in [-0.25, -0.2) is 0 Å². The highest BCUT2D eigenvalue weighted by molar-refractivity contribution is 6.30. The van der Waals surface area contributed by atoms with Gasteiger partial charge >= 0.3 is 0 Å². The highest BCUT2D eigenvalue weighted by atomic mass is 35.5. The van der Waals surface area contributed by atoms with Gasteiger partial charge in [-0.15, -0.1) is 0 Å². The molecule has 0 radical (unpaired) electrons. The number of hydrogen-bond donors (Lipinski definition) is 1. The van der Waals surface area contributed by atoms with Crippen molar-refractivity contribution < 1.29 is 4.74 Å². The fraction of sp³-hybridized carbons (Fsp3) is 0.333. The smallest absolute Gasteiger partial charge is 0.118 e. The molecule has 21 heavy (non-hydrogen) atoms. The molecule has 0 saturated heterocycles. The quantitative estimate of drug-likeness (QED) is 0.819. The second kappa shape index (κ2) is 7.48. The molecule has 0 aromatic heterocycles. The molecule has 2 aromatic rings. The van der Waals surface area contributed by atoms with Crippen LogP contribution in [0.4, 0.5) is 0 Å². The largest absolute Gasteiger partial charge is 0.497 e. The van der Waals surface area contributed by atoms with E-state index in [4.69, 9.17) is 16.3 Å². The molecule has 2 rings (SSSR count). The third-order valence-electron chi connectivity index (χ3n) is 3.77. The summed E-state index contributed by atoms with van der Waals surface area (Å²) in [6, 6.07) is 14.6. The standard InChI is InChI=1S/C18H22ClNO/c1-4-18(14-6-9-17(21-3)10-7-14)20-12-15-5-8-16(19)11-13(15)2/h5-11,18,20H,4,12H2,1-3H3. The predicted molar refractivity (Wildman–Crippen MR) is 89.1 cm³/mol. The van der Waals surface area contributed by atoms with E-state index in [9.17, 15) is 0 Å². The van der Waals surface area contributed by atoms with Gasteiger partial charge in [0.25, 0.3) is 0 Å². The van der Waals surface area contributed by atoms with Crippen molar-refractivity contribution >= 4 is 11.6 Å². The summed E-state index contributed by atoms with van der Waals surface area (Å²) >= 11 is 6.00. The van der Waals surface area contributed by atoms with E-state index in [1.807, 2.05) is 24.3 Å². The zero-order valence-corrected chi connectivity index (χ0v) is 13.6. The highest BCUT2D eigenvalue weighted by Crippen LogP contribution is 2.21. The first-order valence-electron chi connectivity index (χ1n) is 7.26. The lowest BCUT2D eigenvalue weighted by molar-refractivity contribution is 0.414. The fourth-order valence-electron chi connectivity index (χ4n) is 2.42. The van der Waals surface area contributed by atoms with Gasteiger partial charge in [-0.3, -0.25) is 0 Å². The first-order chi connectivity index (χ1) is 10.1. The summed E-state index contributed by atoms with van der Waals surface area (Å²) in [5.41, 5.74) is 3.79. The van der Waals surface area contributed by atoms with E-state index in [-0.39, 0.29) is 0 Å². The molecule has 3 heteroatoms. The zero-order valence-electron chi connectivity index (χ0n) is 12.8. The summed E-state index contributed by atoms with van der Waals surface area (Å²) in [6.07, 6.45) is 1.04. The number of aryl methyl sites for hydroxylation is 1.